The van der Waals surface area contributed by atoms with Crippen molar-refractivity contribution in [1.82, 2.24) is 10.2 Å². The molecule has 1 fully saturated rings. The minimum atomic E-state index is -0.318. The zero-order valence-electron chi connectivity index (χ0n) is 12.0. The molecule has 1 amide bonds. The van der Waals surface area contributed by atoms with Crippen LogP contribution in [0.1, 0.15) is 46.5 Å². The molecule has 18 heavy (non-hydrogen) atoms. The molecule has 0 spiro atoms. The maximum atomic E-state index is 12.1. The van der Waals surface area contributed by atoms with Crippen LogP contribution in [-0.4, -0.2) is 42.3 Å². The van der Waals surface area contributed by atoms with Crippen LogP contribution >= 0.6 is 0 Å². The van der Waals surface area contributed by atoms with Crippen molar-refractivity contribution in [2.45, 2.75) is 58.5 Å². The van der Waals surface area contributed by atoms with E-state index in [1.54, 1.807) is 6.92 Å². The van der Waals surface area contributed by atoms with E-state index in [4.69, 9.17) is 0 Å². The van der Waals surface area contributed by atoms with Gasteiger partial charge in [0.05, 0.1) is 12.1 Å². The second kappa shape index (κ2) is 6.88. The van der Waals surface area contributed by atoms with E-state index in [9.17, 15) is 9.59 Å². The van der Waals surface area contributed by atoms with Gasteiger partial charge in [-0.25, -0.2) is 0 Å². The van der Waals surface area contributed by atoms with Crippen molar-refractivity contribution in [2.24, 2.45) is 5.92 Å². The van der Waals surface area contributed by atoms with Crippen LogP contribution < -0.4 is 5.32 Å². The Kier molecular flexibility index (Phi) is 5.79. The molecular formula is C14H26N2O2. The van der Waals surface area contributed by atoms with Crippen molar-refractivity contribution in [3.63, 3.8) is 0 Å². The fraction of sp³-hybridized carbons (Fsp3) is 0.857. The minimum absolute atomic E-state index is 0.0125. The van der Waals surface area contributed by atoms with E-state index in [2.05, 4.69) is 24.1 Å². The second-order valence-electron chi connectivity index (χ2n) is 5.56. The lowest BCUT2D eigenvalue weighted by molar-refractivity contribution is -0.129. The summed E-state index contributed by atoms with van der Waals surface area (Å²) in [6.45, 7) is 6.75. The molecule has 0 aromatic carbocycles. The highest BCUT2D eigenvalue weighted by Gasteiger charge is 2.30. The van der Waals surface area contributed by atoms with E-state index < -0.39 is 0 Å². The van der Waals surface area contributed by atoms with E-state index in [0.717, 1.165) is 32.2 Å². The number of likely N-dealkylation sites (N-methyl/N-ethyl adjacent to an activating group) is 1. The Labute approximate surface area is 110 Å². The SMILES string of the molecule is CCC(C)CC(NC(=O)C1CCCN1C)C(C)=O. The van der Waals surface area contributed by atoms with Gasteiger partial charge in [0, 0.05) is 0 Å². The number of nitrogens with one attached hydrogen (secondary N) is 1. The predicted octanol–water partition coefficient (Wildman–Crippen LogP) is 1.59. The maximum Gasteiger partial charge on any atom is 0.237 e. The molecule has 0 bridgehead atoms. The molecule has 4 nitrogen and oxygen atoms in total. The molecular weight excluding hydrogens is 228 g/mol. The Hall–Kier alpha value is -0.900. The van der Waals surface area contributed by atoms with Crippen LogP contribution in [0.5, 0.6) is 0 Å². The monoisotopic (exact) mass is 254 g/mol. The van der Waals surface area contributed by atoms with Crippen molar-refractivity contribution in [1.29, 1.82) is 0 Å². The summed E-state index contributed by atoms with van der Waals surface area (Å²) in [7, 11) is 1.97. The molecule has 1 rings (SSSR count). The Morgan fingerprint density at radius 2 is 2.11 bits per heavy atom. The molecule has 1 aliphatic heterocycles. The van der Waals surface area contributed by atoms with Gasteiger partial charge in [-0.3, -0.25) is 14.5 Å². The summed E-state index contributed by atoms with van der Waals surface area (Å²) in [6.07, 6.45) is 3.73. The van der Waals surface area contributed by atoms with Gasteiger partial charge in [-0.1, -0.05) is 20.3 Å². The number of ketones is 1. The van der Waals surface area contributed by atoms with Crippen molar-refractivity contribution >= 4 is 11.7 Å². The molecule has 0 aromatic heterocycles. The van der Waals surface area contributed by atoms with Crippen molar-refractivity contribution in [2.75, 3.05) is 13.6 Å². The number of amides is 1. The van der Waals surface area contributed by atoms with Gasteiger partial charge in [-0.05, 0) is 45.7 Å². The van der Waals surface area contributed by atoms with Gasteiger partial charge in [0.2, 0.25) is 5.91 Å². The van der Waals surface area contributed by atoms with E-state index >= 15 is 0 Å². The zero-order chi connectivity index (χ0) is 13.7. The normalized spacial score (nSPS) is 23.7. The lowest BCUT2D eigenvalue weighted by atomic mass is 9.97. The Bertz CT molecular complexity index is 304. The molecule has 4 heteroatoms. The number of rotatable bonds is 6. The lowest BCUT2D eigenvalue weighted by Crippen LogP contribution is -2.48. The Morgan fingerprint density at radius 1 is 1.44 bits per heavy atom. The molecule has 0 radical (unpaired) electrons. The van der Waals surface area contributed by atoms with Crippen LogP contribution in [-0.2, 0) is 9.59 Å². The number of likely N-dealkylation sites (tertiary alicyclic amines) is 1. The first-order chi connectivity index (χ1) is 8.45. The third kappa shape index (κ3) is 4.09. The second-order valence-corrected chi connectivity index (χ2v) is 5.56. The molecule has 1 aliphatic rings. The molecule has 3 atom stereocenters. The highest BCUT2D eigenvalue weighted by molar-refractivity contribution is 5.89. The quantitative estimate of drug-likeness (QED) is 0.783. The number of nitrogens with zero attached hydrogens (tertiary/aromatic N) is 1. The average Bonchev–Trinajstić information content (AvgIpc) is 2.74. The van der Waals surface area contributed by atoms with Crippen LogP contribution in [0, 0.1) is 5.92 Å². The summed E-state index contributed by atoms with van der Waals surface area (Å²) in [4.78, 5) is 25.8. The summed E-state index contributed by atoms with van der Waals surface area (Å²) in [5, 5.41) is 2.92. The molecule has 1 heterocycles. The maximum absolute atomic E-state index is 12.1. The standard InChI is InChI=1S/C14H26N2O2/c1-5-10(2)9-12(11(3)17)15-14(18)13-7-6-8-16(13)4/h10,12-13H,5-9H2,1-4H3,(H,15,18). The summed E-state index contributed by atoms with van der Waals surface area (Å²) >= 11 is 0. The molecule has 0 aromatic rings. The fourth-order valence-corrected chi connectivity index (χ4v) is 2.40. The van der Waals surface area contributed by atoms with E-state index in [1.807, 2.05) is 7.05 Å². The Morgan fingerprint density at radius 3 is 2.56 bits per heavy atom. The predicted molar refractivity (Wildman–Crippen MR) is 72.3 cm³/mol. The summed E-state index contributed by atoms with van der Waals surface area (Å²) < 4.78 is 0. The van der Waals surface area contributed by atoms with Gasteiger partial charge >= 0.3 is 0 Å². The fourth-order valence-electron chi connectivity index (χ4n) is 2.40. The largest absolute Gasteiger partial charge is 0.345 e. The summed E-state index contributed by atoms with van der Waals surface area (Å²) in [5.74, 6) is 0.531. The highest BCUT2D eigenvalue weighted by atomic mass is 16.2. The first-order valence-electron chi connectivity index (χ1n) is 6.96. The van der Waals surface area contributed by atoms with Crippen molar-refractivity contribution in [3.05, 3.63) is 0 Å². The first kappa shape index (κ1) is 15.2. The smallest absolute Gasteiger partial charge is 0.237 e. The topological polar surface area (TPSA) is 49.4 Å². The molecule has 1 N–H and O–H groups in total. The van der Waals surface area contributed by atoms with Gasteiger partial charge < -0.3 is 5.32 Å². The zero-order valence-corrected chi connectivity index (χ0v) is 12.0. The lowest BCUT2D eigenvalue weighted by Gasteiger charge is -2.24. The summed E-state index contributed by atoms with van der Waals surface area (Å²) in [6, 6.07) is -0.370. The summed E-state index contributed by atoms with van der Waals surface area (Å²) in [5.41, 5.74) is 0. The minimum Gasteiger partial charge on any atom is -0.345 e. The molecule has 104 valence electrons. The molecule has 1 saturated heterocycles. The van der Waals surface area contributed by atoms with Gasteiger partial charge in [0.1, 0.15) is 0 Å². The van der Waals surface area contributed by atoms with Gasteiger partial charge in [-0.15, -0.1) is 0 Å². The number of hydrogen-bond acceptors (Lipinski definition) is 3. The van der Waals surface area contributed by atoms with E-state index in [1.165, 1.54) is 0 Å². The number of hydrogen-bond donors (Lipinski definition) is 1. The molecule has 0 saturated carbocycles. The third-order valence-electron chi connectivity index (χ3n) is 3.97. The third-order valence-corrected chi connectivity index (χ3v) is 3.97. The van der Waals surface area contributed by atoms with E-state index in [-0.39, 0.29) is 23.8 Å². The van der Waals surface area contributed by atoms with Crippen LogP contribution in [0.15, 0.2) is 0 Å². The van der Waals surface area contributed by atoms with Crippen LogP contribution in [0.2, 0.25) is 0 Å². The number of carbonyl (C=O) groups is 2. The van der Waals surface area contributed by atoms with Gasteiger partial charge in [0.25, 0.3) is 0 Å². The highest BCUT2D eigenvalue weighted by Crippen LogP contribution is 2.16. The van der Waals surface area contributed by atoms with Crippen LogP contribution in [0.3, 0.4) is 0 Å². The van der Waals surface area contributed by atoms with Gasteiger partial charge in [0.15, 0.2) is 5.78 Å². The first-order valence-corrected chi connectivity index (χ1v) is 6.96. The van der Waals surface area contributed by atoms with Crippen molar-refractivity contribution in [3.8, 4) is 0 Å². The Balaban J connectivity index is 2.55. The molecule has 3 unspecified atom stereocenters. The number of Topliss-reactive ketones (excluding diaryl/α,β-unsaturated/α-hetero) is 1. The molecule has 0 aliphatic carbocycles. The van der Waals surface area contributed by atoms with Crippen molar-refractivity contribution < 1.29 is 9.59 Å². The van der Waals surface area contributed by atoms with Crippen LogP contribution in [0.4, 0.5) is 0 Å². The number of carbonyl (C=O) groups excluding carboxylic acids is 2. The van der Waals surface area contributed by atoms with Gasteiger partial charge in [-0.2, -0.15) is 0 Å². The van der Waals surface area contributed by atoms with E-state index in [0.29, 0.717) is 5.92 Å². The van der Waals surface area contributed by atoms with Crippen LogP contribution in [0.25, 0.3) is 0 Å². The average molecular weight is 254 g/mol.